The molecule has 1 fully saturated rings. The van der Waals surface area contributed by atoms with E-state index in [9.17, 15) is 13.2 Å². The molecule has 6 nitrogen and oxygen atoms in total. The van der Waals surface area contributed by atoms with E-state index in [1.54, 1.807) is 18.7 Å². The summed E-state index contributed by atoms with van der Waals surface area (Å²) in [6.45, 7) is 7.76. The first kappa shape index (κ1) is 17.0. The second-order valence-corrected chi connectivity index (χ2v) is 8.87. The van der Waals surface area contributed by atoms with Crippen molar-refractivity contribution in [1.29, 1.82) is 0 Å². The van der Waals surface area contributed by atoms with E-state index in [2.05, 4.69) is 5.10 Å². The van der Waals surface area contributed by atoms with Crippen molar-refractivity contribution in [3.05, 3.63) is 17.0 Å². The molecule has 0 aliphatic carbocycles. The van der Waals surface area contributed by atoms with Crippen LogP contribution < -0.4 is 0 Å². The summed E-state index contributed by atoms with van der Waals surface area (Å²) in [5, 5.41) is 3.88. The summed E-state index contributed by atoms with van der Waals surface area (Å²) < 4.78 is 25.8. The molecule has 1 aliphatic rings. The smallest absolute Gasteiger partial charge is 0.238 e. The highest BCUT2D eigenvalue weighted by Gasteiger charge is 2.35. The topological polar surface area (TPSA) is 72.3 Å². The van der Waals surface area contributed by atoms with E-state index in [4.69, 9.17) is 0 Å². The van der Waals surface area contributed by atoms with E-state index in [-0.39, 0.29) is 11.9 Å². The van der Waals surface area contributed by atoms with Crippen LogP contribution in [0.3, 0.4) is 0 Å². The Morgan fingerprint density at radius 2 is 2.00 bits per heavy atom. The molecule has 2 rings (SSSR count). The van der Waals surface area contributed by atoms with Gasteiger partial charge in [0.25, 0.3) is 0 Å². The second-order valence-electron chi connectivity index (χ2n) is 6.31. The number of amides is 1. The van der Waals surface area contributed by atoms with Crippen molar-refractivity contribution in [2.24, 2.45) is 7.05 Å². The van der Waals surface area contributed by atoms with Gasteiger partial charge in [-0.25, -0.2) is 8.42 Å². The number of rotatable bonds is 4. The molecule has 1 aliphatic heterocycles. The quantitative estimate of drug-likeness (QED) is 0.840. The number of hydrogen-bond acceptors (Lipinski definition) is 4. The minimum absolute atomic E-state index is 0.0523. The van der Waals surface area contributed by atoms with Crippen molar-refractivity contribution in [3.63, 3.8) is 0 Å². The normalized spacial score (nSPS) is 19.2. The first-order valence-corrected chi connectivity index (χ1v) is 9.37. The molecule has 0 radical (unpaired) electrons. The number of carbonyl (C=O) groups is 1. The molecule has 0 spiro atoms. The summed E-state index contributed by atoms with van der Waals surface area (Å²) in [6.07, 6.45) is 1.76. The van der Waals surface area contributed by atoms with Crippen molar-refractivity contribution in [1.82, 2.24) is 14.7 Å². The van der Waals surface area contributed by atoms with Gasteiger partial charge in [-0.05, 0) is 40.5 Å². The maximum atomic E-state index is 12.5. The van der Waals surface area contributed by atoms with Crippen LogP contribution in [0.15, 0.2) is 0 Å². The summed E-state index contributed by atoms with van der Waals surface area (Å²) in [5.41, 5.74) is 3.01. The van der Waals surface area contributed by atoms with E-state index in [0.29, 0.717) is 6.54 Å². The number of hydrogen-bond donors (Lipinski definition) is 0. The molecule has 1 aromatic heterocycles. The number of likely N-dealkylation sites (tertiary alicyclic amines) is 1. The molecule has 1 amide bonds. The third kappa shape index (κ3) is 3.04. The lowest BCUT2D eigenvalue weighted by molar-refractivity contribution is -0.129. The van der Waals surface area contributed by atoms with Crippen molar-refractivity contribution >= 4 is 15.7 Å². The Balaban J connectivity index is 2.26. The monoisotopic (exact) mass is 327 g/mol. The number of carbonyl (C=O) groups excluding carboxylic acids is 1. The molecule has 22 heavy (non-hydrogen) atoms. The van der Waals surface area contributed by atoms with Crippen LogP contribution in [0.4, 0.5) is 0 Å². The van der Waals surface area contributed by atoms with Gasteiger partial charge in [0.1, 0.15) is 5.75 Å². The molecule has 0 bridgehead atoms. The lowest BCUT2D eigenvalue weighted by Gasteiger charge is -2.25. The zero-order valence-electron chi connectivity index (χ0n) is 14.0. The molecule has 1 saturated heterocycles. The highest BCUT2D eigenvalue weighted by molar-refractivity contribution is 7.92. The highest BCUT2D eigenvalue weighted by Crippen LogP contribution is 2.35. The van der Waals surface area contributed by atoms with Gasteiger partial charge >= 0.3 is 0 Å². The van der Waals surface area contributed by atoms with E-state index in [0.717, 1.165) is 29.8 Å². The average molecular weight is 327 g/mol. The largest absolute Gasteiger partial charge is 0.335 e. The zero-order chi connectivity index (χ0) is 16.7. The molecule has 124 valence electrons. The lowest BCUT2D eigenvalue weighted by atomic mass is 10.0. The van der Waals surface area contributed by atoms with E-state index < -0.39 is 20.8 Å². The fraction of sp³-hybridized carbons (Fsp3) is 0.733. The van der Waals surface area contributed by atoms with Crippen molar-refractivity contribution in [3.8, 4) is 0 Å². The van der Waals surface area contributed by atoms with Crippen LogP contribution in [0.5, 0.6) is 0 Å². The van der Waals surface area contributed by atoms with Crippen molar-refractivity contribution in [2.45, 2.75) is 51.8 Å². The third-order valence-corrected chi connectivity index (χ3v) is 6.60. The first-order chi connectivity index (χ1) is 10.1. The summed E-state index contributed by atoms with van der Waals surface area (Å²) in [6, 6.07) is -0.0523. The first-order valence-electron chi connectivity index (χ1n) is 7.66. The Morgan fingerprint density at radius 3 is 2.50 bits per heavy atom. The van der Waals surface area contributed by atoms with Crippen molar-refractivity contribution in [2.75, 3.05) is 12.3 Å². The van der Waals surface area contributed by atoms with Crippen LogP contribution in [0, 0.1) is 13.8 Å². The number of aryl methyl sites for hydroxylation is 2. The average Bonchev–Trinajstić information content (AvgIpc) is 2.95. The number of nitrogens with zero attached hydrogens (tertiary/aromatic N) is 3. The van der Waals surface area contributed by atoms with Gasteiger partial charge in [0.15, 0.2) is 9.84 Å². The molecule has 1 aromatic rings. The molecule has 0 unspecified atom stereocenters. The summed E-state index contributed by atoms with van der Waals surface area (Å²) in [4.78, 5) is 14.2. The minimum Gasteiger partial charge on any atom is -0.335 e. The molecule has 7 heteroatoms. The molecule has 0 N–H and O–H groups in total. The minimum atomic E-state index is -3.37. The van der Waals surface area contributed by atoms with Gasteiger partial charge in [0.2, 0.25) is 5.91 Å². The van der Waals surface area contributed by atoms with E-state index in [1.165, 1.54) is 0 Å². The summed E-state index contributed by atoms with van der Waals surface area (Å²) >= 11 is 0. The van der Waals surface area contributed by atoms with E-state index in [1.807, 2.05) is 25.6 Å². The number of aromatic nitrogens is 2. The van der Waals surface area contributed by atoms with Crippen LogP contribution in [-0.4, -0.2) is 46.6 Å². The summed E-state index contributed by atoms with van der Waals surface area (Å²) in [5.74, 6) is -0.696. The molecule has 0 aromatic carbocycles. The standard InChI is InChI=1S/C15H25N3O3S/c1-10(2)22(20,21)9-14(19)18-8-6-7-13(18)15-11(3)16-17(5)12(15)4/h10,13H,6-9H2,1-5H3/t13-/m1/s1. The van der Waals surface area contributed by atoms with Crippen LogP contribution in [0.1, 0.15) is 49.7 Å². The number of sulfone groups is 1. The Kier molecular flexibility index (Phi) is 4.65. The molecule has 2 heterocycles. The van der Waals surface area contributed by atoms with Crippen LogP contribution >= 0.6 is 0 Å². The van der Waals surface area contributed by atoms with Gasteiger partial charge in [0.05, 0.1) is 17.0 Å². The SMILES string of the molecule is Cc1nn(C)c(C)c1[C@H]1CCCN1C(=O)CS(=O)(=O)C(C)C. The van der Waals surface area contributed by atoms with Crippen molar-refractivity contribution < 1.29 is 13.2 Å². The van der Waals surface area contributed by atoms with E-state index >= 15 is 0 Å². The predicted molar refractivity (Wildman–Crippen MR) is 85.3 cm³/mol. The van der Waals surface area contributed by atoms with Crippen LogP contribution in [0.2, 0.25) is 0 Å². The third-order valence-electron chi connectivity index (χ3n) is 4.51. The van der Waals surface area contributed by atoms with Gasteiger partial charge in [-0.2, -0.15) is 5.10 Å². The van der Waals surface area contributed by atoms with Crippen LogP contribution in [-0.2, 0) is 21.7 Å². The van der Waals surface area contributed by atoms with Gasteiger partial charge in [-0.1, -0.05) is 0 Å². The fourth-order valence-electron chi connectivity index (χ4n) is 3.06. The molecular weight excluding hydrogens is 302 g/mol. The zero-order valence-corrected chi connectivity index (χ0v) is 14.8. The lowest BCUT2D eigenvalue weighted by Crippen LogP contribution is -2.37. The Bertz CT molecular complexity index is 676. The maximum Gasteiger partial charge on any atom is 0.238 e. The van der Waals surface area contributed by atoms with Gasteiger partial charge in [-0.3, -0.25) is 9.48 Å². The predicted octanol–water partition coefficient (Wildman–Crippen LogP) is 1.52. The fourth-order valence-corrected chi connectivity index (χ4v) is 3.90. The Morgan fingerprint density at radius 1 is 1.36 bits per heavy atom. The molecular formula is C15H25N3O3S. The highest BCUT2D eigenvalue weighted by atomic mass is 32.2. The van der Waals surface area contributed by atoms with Gasteiger partial charge in [0, 0.05) is 24.8 Å². The molecule has 0 saturated carbocycles. The van der Waals surface area contributed by atoms with Gasteiger partial charge < -0.3 is 4.90 Å². The molecule has 1 atom stereocenters. The van der Waals surface area contributed by atoms with Gasteiger partial charge in [-0.15, -0.1) is 0 Å². The van der Waals surface area contributed by atoms with Crippen LogP contribution in [0.25, 0.3) is 0 Å². The Hall–Kier alpha value is -1.37. The summed E-state index contributed by atoms with van der Waals surface area (Å²) in [7, 11) is -1.48. The maximum absolute atomic E-state index is 12.5. The second kappa shape index (κ2) is 6.02. The Labute approximate surface area is 132 Å².